The number of nitrogens with two attached hydrogens (primary N) is 1. The predicted molar refractivity (Wildman–Crippen MR) is 36.3 cm³/mol. The van der Waals surface area contributed by atoms with Crippen LogP contribution in [0.25, 0.3) is 0 Å². The second-order valence-electron chi connectivity index (χ2n) is 2.45. The fourth-order valence-electron chi connectivity index (χ4n) is 0.229. The number of hydrazine groups is 1. The normalized spacial score (nSPS) is 14.0. The zero-order chi connectivity index (χ0) is 7.49. The van der Waals surface area contributed by atoms with Gasteiger partial charge in [0.15, 0.2) is 0 Å². The Balaban J connectivity index is 4.14. The van der Waals surface area contributed by atoms with Gasteiger partial charge in [0.05, 0.1) is 11.3 Å². The van der Waals surface area contributed by atoms with Gasteiger partial charge < -0.3 is 5.21 Å². The van der Waals surface area contributed by atoms with Gasteiger partial charge >= 0.3 is 0 Å². The summed E-state index contributed by atoms with van der Waals surface area (Å²) >= 11 is 0. The van der Waals surface area contributed by atoms with Crippen LogP contribution >= 0.6 is 0 Å². The molecule has 0 rings (SSSR count). The Morgan fingerprint density at radius 3 is 2.22 bits per heavy atom. The fourth-order valence-corrected chi connectivity index (χ4v) is 0.229. The summed E-state index contributed by atoms with van der Waals surface area (Å²) in [5, 5.41) is 11.3. The standard InChI is InChI=1S/C5H13N3O/c1-4(7-9)5(2,3)8-6/h8-9H,6H2,1-3H3. The molecule has 9 heavy (non-hydrogen) atoms. The van der Waals surface area contributed by atoms with E-state index in [-0.39, 0.29) is 0 Å². The van der Waals surface area contributed by atoms with Crippen LogP contribution < -0.4 is 11.3 Å². The van der Waals surface area contributed by atoms with Crippen LogP contribution in [0.15, 0.2) is 5.16 Å². The number of nitrogens with zero attached hydrogens (tertiary/aromatic N) is 1. The minimum atomic E-state index is -0.422. The lowest BCUT2D eigenvalue weighted by atomic mass is 10.0. The summed E-state index contributed by atoms with van der Waals surface area (Å²) in [6, 6.07) is 0. The van der Waals surface area contributed by atoms with E-state index in [2.05, 4.69) is 10.6 Å². The third-order valence-electron chi connectivity index (χ3n) is 1.42. The van der Waals surface area contributed by atoms with E-state index in [1.165, 1.54) is 0 Å². The van der Waals surface area contributed by atoms with Crippen LogP contribution in [0, 0.1) is 0 Å². The lowest BCUT2D eigenvalue weighted by Gasteiger charge is -2.21. The van der Waals surface area contributed by atoms with Crippen molar-refractivity contribution in [2.75, 3.05) is 0 Å². The summed E-state index contributed by atoms with van der Waals surface area (Å²) in [6.07, 6.45) is 0. The minimum absolute atomic E-state index is 0.422. The SMILES string of the molecule is CC(=NO)C(C)(C)NN. The van der Waals surface area contributed by atoms with Gasteiger partial charge in [-0.1, -0.05) is 5.16 Å². The van der Waals surface area contributed by atoms with Gasteiger partial charge in [0, 0.05) is 0 Å². The van der Waals surface area contributed by atoms with E-state index in [1.807, 2.05) is 13.8 Å². The van der Waals surface area contributed by atoms with E-state index in [4.69, 9.17) is 11.0 Å². The smallest absolute Gasteiger partial charge is 0.0747 e. The Hall–Kier alpha value is -0.610. The third kappa shape index (κ3) is 1.99. The highest BCUT2D eigenvalue weighted by molar-refractivity contribution is 5.89. The zero-order valence-corrected chi connectivity index (χ0v) is 5.97. The van der Waals surface area contributed by atoms with E-state index in [9.17, 15) is 0 Å². The lowest BCUT2D eigenvalue weighted by molar-refractivity contribution is 0.311. The molecule has 4 nitrogen and oxygen atoms in total. The van der Waals surface area contributed by atoms with E-state index in [0.29, 0.717) is 5.71 Å². The predicted octanol–water partition coefficient (Wildman–Crippen LogP) is 0.0784. The Morgan fingerprint density at radius 1 is 1.67 bits per heavy atom. The first kappa shape index (κ1) is 8.39. The molecule has 0 heterocycles. The largest absolute Gasteiger partial charge is 0.411 e. The molecule has 0 saturated carbocycles. The van der Waals surface area contributed by atoms with Crippen molar-refractivity contribution < 1.29 is 5.21 Å². The number of oxime groups is 1. The number of hydrogen-bond acceptors (Lipinski definition) is 4. The van der Waals surface area contributed by atoms with Crippen LogP contribution in [0.2, 0.25) is 0 Å². The highest BCUT2D eigenvalue weighted by Crippen LogP contribution is 2.01. The van der Waals surface area contributed by atoms with Crippen LogP contribution in [-0.4, -0.2) is 16.5 Å². The van der Waals surface area contributed by atoms with Crippen LogP contribution in [0.4, 0.5) is 0 Å². The molecule has 4 N–H and O–H groups in total. The van der Waals surface area contributed by atoms with E-state index >= 15 is 0 Å². The maximum atomic E-state index is 8.29. The van der Waals surface area contributed by atoms with Gasteiger partial charge in [0.1, 0.15) is 0 Å². The second kappa shape index (κ2) is 2.80. The summed E-state index contributed by atoms with van der Waals surface area (Å²) in [5.41, 5.74) is 2.64. The first-order valence-corrected chi connectivity index (χ1v) is 2.71. The van der Waals surface area contributed by atoms with Crippen molar-refractivity contribution in [2.45, 2.75) is 26.3 Å². The van der Waals surface area contributed by atoms with Gasteiger partial charge in [0.2, 0.25) is 0 Å². The molecule has 0 unspecified atom stereocenters. The maximum Gasteiger partial charge on any atom is 0.0747 e. The van der Waals surface area contributed by atoms with Crippen molar-refractivity contribution in [2.24, 2.45) is 11.0 Å². The quantitative estimate of drug-likeness (QED) is 0.215. The van der Waals surface area contributed by atoms with Crippen molar-refractivity contribution in [3.8, 4) is 0 Å². The minimum Gasteiger partial charge on any atom is -0.411 e. The molecule has 54 valence electrons. The molecule has 0 aromatic heterocycles. The first-order valence-electron chi connectivity index (χ1n) is 2.71. The monoisotopic (exact) mass is 131 g/mol. The lowest BCUT2D eigenvalue weighted by Crippen LogP contribution is -2.49. The highest BCUT2D eigenvalue weighted by Gasteiger charge is 2.19. The summed E-state index contributed by atoms with van der Waals surface area (Å²) in [7, 11) is 0. The molecule has 0 aliphatic heterocycles. The first-order chi connectivity index (χ1) is 4.04. The number of nitrogens with one attached hydrogen (secondary N) is 1. The van der Waals surface area contributed by atoms with E-state index < -0.39 is 5.54 Å². The molecule has 0 aromatic rings. The summed E-state index contributed by atoms with van der Waals surface area (Å²) in [6.45, 7) is 5.34. The molecule has 0 radical (unpaired) electrons. The molecule has 0 fully saturated rings. The molecule has 0 aliphatic rings. The van der Waals surface area contributed by atoms with Crippen molar-refractivity contribution in [1.29, 1.82) is 0 Å². The van der Waals surface area contributed by atoms with E-state index in [1.54, 1.807) is 6.92 Å². The number of hydrogen-bond donors (Lipinski definition) is 3. The van der Waals surface area contributed by atoms with Crippen molar-refractivity contribution in [3.63, 3.8) is 0 Å². The molecule has 0 aromatic carbocycles. The molecule has 0 bridgehead atoms. The van der Waals surface area contributed by atoms with Crippen molar-refractivity contribution in [1.82, 2.24) is 5.43 Å². The molecule has 0 atom stereocenters. The van der Waals surface area contributed by atoms with Crippen LogP contribution in [0.1, 0.15) is 20.8 Å². The van der Waals surface area contributed by atoms with Gasteiger partial charge in [-0.2, -0.15) is 0 Å². The Labute approximate surface area is 54.7 Å². The van der Waals surface area contributed by atoms with Gasteiger partial charge in [-0.05, 0) is 20.8 Å². The Bertz CT molecular complexity index is 119. The Kier molecular flexibility index (Phi) is 2.61. The fraction of sp³-hybridized carbons (Fsp3) is 0.800. The van der Waals surface area contributed by atoms with Gasteiger partial charge in [-0.3, -0.25) is 5.84 Å². The van der Waals surface area contributed by atoms with Gasteiger partial charge in [-0.25, -0.2) is 5.43 Å². The summed E-state index contributed by atoms with van der Waals surface area (Å²) in [4.78, 5) is 0. The summed E-state index contributed by atoms with van der Waals surface area (Å²) < 4.78 is 0. The average Bonchev–Trinajstić information content (AvgIpc) is 1.86. The Morgan fingerprint density at radius 2 is 2.11 bits per heavy atom. The molecule has 0 spiro atoms. The van der Waals surface area contributed by atoms with Crippen molar-refractivity contribution in [3.05, 3.63) is 0 Å². The summed E-state index contributed by atoms with van der Waals surface area (Å²) in [5.74, 6) is 5.14. The van der Waals surface area contributed by atoms with Gasteiger partial charge in [0.25, 0.3) is 0 Å². The molecule has 0 aliphatic carbocycles. The van der Waals surface area contributed by atoms with Crippen LogP contribution in [0.5, 0.6) is 0 Å². The van der Waals surface area contributed by atoms with Crippen molar-refractivity contribution >= 4 is 5.71 Å². The molecular formula is C5H13N3O. The van der Waals surface area contributed by atoms with Crippen LogP contribution in [0.3, 0.4) is 0 Å². The third-order valence-corrected chi connectivity index (χ3v) is 1.42. The van der Waals surface area contributed by atoms with E-state index in [0.717, 1.165) is 0 Å². The zero-order valence-electron chi connectivity index (χ0n) is 5.97. The van der Waals surface area contributed by atoms with Gasteiger partial charge in [-0.15, -0.1) is 0 Å². The molecular weight excluding hydrogens is 118 g/mol. The topological polar surface area (TPSA) is 70.6 Å². The average molecular weight is 131 g/mol. The number of rotatable bonds is 2. The second-order valence-corrected chi connectivity index (χ2v) is 2.45. The molecule has 0 amide bonds. The molecule has 0 saturated heterocycles. The molecule has 4 heteroatoms. The highest BCUT2D eigenvalue weighted by atomic mass is 16.4. The maximum absolute atomic E-state index is 8.29. The van der Waals surface area contributed by atoms with Crippen LogP contribution in [-0.2, 0) is 0 Å².